The largest absolute Gasteiger partial charge is 0.123 e. The lowest BCUT2D eigenvalue weighted by atomic mass is 10.2. The minimum Gasteiger partial charge on any atom is -0.123 e. The molecule has 0 bridgehead atoms. The van der Waals surface area contributed by atoms with Crippen LogP contribution in [-0.2, 0) is 5.75 Å². The summed E-state index contributed by atoms with van der Waals surface area (Å²) in [6.45, 7) is 0. The molecule has 3 rings (SSSR count). The molecule has 0 unspecified atom stereocenters. The zero-order valence-corrected chi connectivity index (χ0v) is 13.0. The van der Waals surface area contributed by atoms with Crippen LogP contribution >= 0.6 is 46.3 Å². The van der Waals surface area contributed by atoms with Gasteiger partial charge in [0.2, 0.25) is 0 Å². The molecule has 19 heavy (non-hydrogen) atoms. The molecule has 0 atom stereocenters. The van der Waals surface area contributed by atoms with E-state index >= 15 is 0 Å². The van der Waals surface area contributed by atoms with Crippen LogP contribution in [0.4, 0.5) is 0 Å². The van der Waals surface area contributed by atoms with Crippen molar-refractivity contribution in [3.63, 3.8) is 0 Å². The van der Waals surface area contributed by atoms with E-state index in [-0.39, 0.29) is 0 Å². The van der Waals surface area contributed by atoms with Gasteiger partial charge in [0.05, 0.1) is 4.34 Å². The lowest BCUT2D eigenvalue weighted by Crippen LogP contribution is -1.79. The van der Waals surface area contributed by atoms with E-state index < -0.39 is 0 Å². The molecule has 3 aromatic rings. The van der Waals surface area contributed by atoms with Gasteiger partial charge in [-0.3, -0.25) is 0 Å². The zero-order chi connectivity index (χ0) is 13.2. The molecule has 0 aliphatic rings. The first-order valence-electron chi connectivity index (χ1n) is 5.78. The fourth-order valence-corrected chi connectivity index (χ4v) is 4.49. The molecular formula is C15H10Cl2S2. The molecule has 2 aromatic carbocycles. The molecule has 96 valence electrons. The maximum absolute atomic E-state index is 6.34. The summed E-state index contributed by atoms with van der Waals surface area (Å²) in [5.41, 5.74) is 1.22. The number of halogens is 2. The number of fused-ring (bicyclic) bond motifs is 1. The molecule has 0 saturated carbocycles. The Bertz CT molecular complexity index is 702. The standard InChI is InChI=1S/C15H10Cl2S2/c16-10-5-7-11(8-6-10)18-9-13-12-3-1-2-4-14(12)19-15(13)17/h1-8H,9H2. The van der Waals surface area contributed by atoms with Crippen molar-refractivity contribution >= 4 is 56.4 Å². The van der Waals surface area contributed by atoms with Crippen LogP contribution in [0.25, 0.3) is 10.1 Å². The van der Waals surface area contributed by atoms with Crippen molar-refractivity contribution in [1.82, 2.24) is 0 Å². The summed E-state index contributed by atoms with van der Waals surface area (Å²) in [4.78, 5) is 1.20. The van der Waals surface area contributed by atoms with Crippen molar-refractivity contribution in [3.8, 4) is 0 Å². The second kappa shape index (κ2) is 5.76. The number of rotatable bonds is 3. The van der Waals surface area contributed by atoms with Gasteiger partial charge in [0, 0.05) is 20.4 Å². The van der Waals surface area contributed by atoms with Crippen LogP contribution < -0.4 is 0 Å². The van der Waals surface area contributed by atoms with Crippen LogP contribution in [0.5, 0.6) is 0 Å². The summed E-state index contributed by atoms with van der Waals surface area (Å²) in [6.07, 6.45) is 0. The maximum Gasteiger partial charge on any atom is 0.0981 e. The van der Waals surface area contributed by atoms with E-state index in [1.165, 1.54) is 20.5 Å². The summed E-state index contributed by atoms with van der Waals surface area (Å²) in [6, 6.07) is 16.3. The Labute approximate surface area is 130 Å². The van der Waals surface area contributed by atoms with Crippen molar-refractivity contribution in [2.75, 3.05) is 0 Å². The molecule has 0 spiro atoms. The van der Waals surface area contributed by atoms with Crippen molar-refractivity contribution in [3.05, 3.63) is 63.5 Å². The molecule has 0 nitrogen and oxygen atoms in total. The van der Waals surface area contributed by atoms with E-state index in [4.69, 9.17) is 23.2 Å². The van der Waals surface area contributed by atoms with E-state index in [9.17, 15) is 0 Å². The van der Waals surface area contributed by atoms with Crippen LogP contribution in [0.3, 0.4) is 0 Å². The van der Waals surface area contributed by atoms with Gasteiger partial charge in [0.15, 0.2) is 0 Å². The minimum absolute atomic E-state index is 0.767. The Morgan fingerprint density at radius 1 is 0.947 bits per heavy atom. The Balaban J connectivity index is 1.85. The van der Waals surface area contributed by atoms with E-state index in [2.05, 4.69) is 18.2 Å². The molecule has 0 saturated heterocycles. The number of hydrogen-bond donors (Lipinski definition) is 0. The third kappa shape index (κ3) is 2.92. The van der Waals surface area contributed by atoms with Crippen molar-refractivity contribution in [2.45, 2.75) is 10.6 Å². The van der Waals surface area contributed by atoms with Gasteiger partial charge >= 0.3 is 0 Å². The van der Waals surface area contributed by atoms with E-state index in [0.29, 0.717) is 0 Å². The molecule has 0 N–H and O–H groups in total. The second-order valence-corrected chi connectivity index (χ2v) is 7.23. The minimum atomic E-state index is 0.767. The summed E-state index contributed by atoms with van der Waals surface area (Å²) in [7, 11) is 0. The average molecular weight is 325 g/mol. The quantitative estimate of drug-likeness (QED) is 0.495. The number of benzene rings is 2. The lowest BCUT2D eigenvalue weighted by molar-refractivity contribution is 1.42. The Hall–Kier alpha value is -0.670. The Morgan fingerprint density at radius 3 is 2.47 bits per heavy atom. The molecule has 1 aromatic heterocycles. The molecule has 0 fully saturated rings. The highest BCUT2D eigenvalue weighted by Crippen LogP contribution is 2.38. The predicted octanol–water partition coefficient (Wildman–Crippen LogP) is 6.50. The highest BCUT2D eigenvalue weighted by molar-refractivity contribution is 7.98. The van der Waals surface area contributed by atoms with Crippen LogP contribution in [0, 0.1) is 0 Å². The third-order valence-electron chi connectivity index (χ3n) is 2.85. The van der Waals surface area contributed by atoms with Gasteiger partial charge in [-0.05, 0) is 41.3 Å². The van der Waals surface area contributed by atoms with Gasteiger partial charge < -0.3 is 0 Å². The molecular weight excluding hydrogens is 315 g/mol. The fourth-order valence-electron chi connectivity index (χ4n) is 1.89. The first kappa shape index (κ1) is 13.3. The maximum atomic E-state index is 6.34. The van der Waals surface area contributed by atoms with Crippen molar-refractivity contribution < 1.29 is 0 Å². The second-order valence-electron chi connectivity index (χ2n) is 4.09. The molecule has 0 aliphatic heterocycles. The summed E-state index contributed by atoms with van der Waals surface area (Å²) >= 11 is 15.7. The van der Waals surface area contributed by atoms with Gasteiger partial charge in [-0.25, -0.2) is 0 Å². The van der Waals surface area contributed by atoms with Crippen molar-refractivity contribution in [1.29, 1.82) is 0 Å². The van der Waals surface area contributed by atoms with Crippen LogP contribution in [0.15, 0.2) is 53.4 Å². The van der Waals surface area contributed by atoms with Crippen molar-refractivity contribution in [2.24, 2.45) is 0 Å². The normalized spacial score (nSPS) is 11.1. The van der Waals surface area contributed by atoms with Crippen LogP contribution in [-0.4, -0.2) is 0 Å². The SMILES string of the molecule is Clc1ccc(SCc2c(Cl)sc3ccccc23)cc1. The number of thiophene rings is 1. The number of hydrogen-bond acceptors (Lipinski definition) is 2. The third-order valence-corrected chi connectivity index (χ3v) is 5.60. The average Bonchev–Trinajstić information content (AvgIpc) is 2.74. The first-order valence-corrected chi connectivity index (χ1v) is 8.34. The van der Waals surface area contributed by atoms with E-state index in [0.717, 1.165) is 15.1 Å². The summed E-state index contributed by atoms with van der Waals surface area (Å²) < 4.78 is 2.14. The molecule has 4 heteroatoms. The Morgan fingerprint density at radius 2 is 1.68 bits per heavy atom. The van der Waals surface area contributed by atoms with Crippen LogP contribution in [0.1, 0.15) is 5.56 Å². The van der Waals surface area contributed by atoms with Gasteiger partial charge in [0.1, 0.15) is 0 Å². The first-order chi connectivity index (χ1) is 9.24. The monoisotopic (exact) mass is 324 g/mol. The fraction of sp³-hybridized carbons (Fsp3) is 0.0667. The molecule has 0 amide bonds. The van der Waals surface area contributed by atoms with Crippen LogP contribution in [0.2, 0.25) is 9.36 Å². The van der Waals surface area contributed by atoms with E-state index in [1.54, 1.807) is 23.1 Å². The lowest BCUT2D eigenvalue weighted by Gasteiger charge is -2.02. The van der Waals surface area contributed by atoms with Gasteiger partial charge in [-0.2, -0.15) is 0 Å². The smallest absolute Gasteiger partial charge is 0.0981 e. The molecule has 0 aliphatic carbocycles. The van der Waals surface area contributed by atoms with E-state index in [1.807, 2.05) is 30.3 Å². The topological polar surface area (TPSA) is 0 Å². The molecule has 0 radical (unpaired) electrons. The zero-order valence-electron chi connectivity index (χ0n) is 9.90. The Kier molecular flexibility index (Phi) is 4.04. The summed E-state index contributed by atoms with van der Waals surface area (Å²) in [5, 5.41) is 2.03. The highest BCUT2D eigenvalue weighted by atomic mass is 35.5. The predicted molar refractivity (Wildman–Crippen MR) is 87.8 cm³/mol. The summed E-state index contributed by atoms with van der Waals surface area (Å²) in [5.74, 6) is 0.879. The van der Waals surface area contributed by atoms with Gasteiger partial charge in [-0.1, -0.05) is 41.4 Å². The molecule has 1 heterocycles. The van der Waals surface area contributed by atoms with Gasteiger partial charge in [-0.15, -0.1) is 23.1 Å². The van der Waals surface area contributed by atoms with Gasteiger partial charge in [0.25, 0.3) is 0 Å². The highest BCUT2D eigenvalue weighted by Gasteiger charge is 2.10. The number of thioether (sulfide) groups is 1.